The number of nitrogens with one attached hydrogen (secondary N) is 2. The van der Waals surface area contributed by atoms with E-state index in [0.717, 1.165) is 0 Å². The van der Waals surface area contributed by atoms with Crippen molar-refractivity contribution in [1.82, 2.24) is 15.5 Å². The van der Waals surface area contributed by atoms with Crippen LogP contribution in [-0.2, 0) is 138 Å². The van der Waals surface area contributed by atoms with Gasteiger partial charge in [0.15, 0.2) is 0 Å². The Labute approximate surface area is 579 Å². The molecule has 1 rings (SSSR count). The van der Waals surface area contributed by atoms with Gasteiger partial charge in [0.25, 0.3) is 11.8 Å². The van der Waals surface area contributed by atoms with Crippen LogP contribution in [0.25, 0.3) is 0 Å². The number of rotatable bonds is 84. The zero-order valence-electron chi connectivity index (χ0n) is 58.1. The van der Waals surface area contributed by atoms with E-state index in [1.807, 2.05) is 0 Å². The van der Waals surface area contributed by atoms with E-state index in [4.69, 9.17) is 125 Å². The highest BCUT2D eigenvalue weighted by atomic mass is 16.6. The van der Waals surface area contributed by atoms with Crippen molar-refractivity contribution in [2.75, 3.05) is 337 Å². The molecule has 0 aromatic carbocycles. The summed E-state index contributed by atoms with van der Waals surface area (Å²) < 4.78 is 132. The Morgan fingerprint density at radius 2 is 0.531 bits per heavy atom. The molecule has 0 aliphatic carbocycles. The van der Waals surface area contributed by atoms with E-state index in [2.05, 4.69) is 10.6 Å². The van der Waals surface area contributed by atoms with Crippen LogP contribution in [0.3, 0.4) is 0 Å². The van der Waals surface area contributed by atoms with E-state index < -0.39 is 17.9 Å². The fourth-order valence-corrected chi connectivity index (χ4v) is 7.57. The summed E-state index contributed by atoms with van der Waals surface area (Å²) in [6.45, 7) is 21.7. The molecule has 576 valence electrons. The van der Waals surface area contributed by atoms with Crippen LogP contribution >= 0.6 is 0 Å². The molecular formula is C64H120N4O30. The van der Waals surface area contributed by atoms with Crippen molar-refractivity contribution in [3.05, 3.63) is 12.2 Å². The zero-order valence-corrected chi connectivity index (χ0v) is 58.1. The van der Waals surface area contributed by atoms with Gasteiger partial charge < -0.3 is 135 Å². The maximum atomic E-state index is 12.4. The Morgan fingerprint density at radius 1 is 0.316 bits per heavy atom. The monoisotopic (exact) mass is 1420 g/mol. The van der Waals surface area contributed by atoms with Gasteiger partial charge in [0.2, 0.25) is 11.8 Å². The van der Waals surface area contributed by atoms with Crippen LogP contribution in [0.5, 0.6) is 0 Å². The molecule has 0 fully saturated rings. The van der Waals surface area contributed by atoms with Crippen LogP contribution in [0.2, 0.25) is 0 Å². The number of unbranched alkanes of at least 4 members (excludes halogenated alkanes) is 2. The van der Waals surface area contributed by atoms with Gasteiger partial charge in [-0.2, -0.15) is 0 Å². The van der Waals surface area contributed by atoms with Gasteiger partial charge in [-0.1, -0.05) is 6.42 Å². The van der Waals surface area contributed by atoms with Crippen molar-refractivity contribution in [3.8, 4) is 0 Å². The van der Waals surface area contributed by atoms with Gasteiger partial charge >= 0.3 is 5.97 Å². The van der Waals surface area contributed by atoms with E-state index >= 15 is 0 Å². The normalized spacial score (nSPS) is 12.6. The van der Waals surface area contributed by atoms with Crippen molar-refractivity contribution < 1.29 is 143 Å². The highest BCUT2D eigenvalue weighted by Gasteiger charge is 2.23. The smallest absolute Gasteiger partial charge is 0.305 e. The van der Waals surface area contributed by atoms with E-state index in [0.29, 0.717) is 330 Å². The predicted octanol–water partition coefficient (Wildman–Crippen LogP) is -1.10. The zero-order chi connectivity index (χ0) is 70.4. The third kappa shape index (κ3) is 69.4. The number of nitrogens with zero attached hydrogens (tertiary/aromatic N) is 1. The first kappa shape index (κ1) is 92.3. The van der Waals surface area contributed by atoms with Gasteiger partial charge in [0.05, 0.1) is 324 Å². The number of nitrogens with two attached hydrogens (primary N) is 1. The SMILES string of the molecule is NCC(NC(=O)CCCCCN1C(=O)C=CC1=O)C(=O)NCCOCCOCCOCCOCCOCCOCCOCCOCCOCCOCCOCCOCCOCCOCCOCCOCCOCCOCCOCCOCCOCCOCCOCCOCCC(=O)O. The molecule has 1 heterocycles. The van der Waals surface area contributed by atoms with E-state index in [9.17, 15) is 24.0 Å². The Balaban J connectivity index is 1.63. The number of aliphatic carboxylic acids is 1. The minimum absolute atomic E-state index is 0.0135. The summed E-state index contributed by atoms with van der Waals surface area (Å²) in [4.78, 5) is 59.4. The number of carbonyl (C=O) groups is 5. The number of imide groups is 1. The minimum Gasteiger partial charge on any atom is -0.481 e. The molecule has 0 bridgehead atoms. The minimum atomic E-state index is -0.883. The lowest BCUT2D eigenvalue weighted by atomic mass is 10.1. The molecule has 98 heavy (non-hydrogen) atoms. The van der Waals surface area contributed by atoms with Crippen LogP contribution in [0.4, 0.5) is 0 Å². The number of hydrogen-bond acceptors (Lipinski definition) is 30. The summed E-state index contributed by atoms with van der Waals surface area (Å²) in [6.07, 6.45) is 4.46. The molecule has 1 aliphatic rings. The molecule has 34 heteroatoms. The number of carboxylic acids is 1. The summed E-state index contributed by atoms with van der Waals surface area (Å²) in [7, 11) is 0. The van der Waals surface area contributed by atoms with Gasteiger partial charge in [-0.25, -0.2) is 0 Å². The lowest BCUT2D eigenvalue weighted by molar-refractivity contribution is -0.139. The summed E-state index contributed by atoms with van der Waals surface area (Å²) in [6, 6.07) is -0.859. The number of carboxylic acid groups (broad SMARTS) is 1. The largest absolute Gasteiger partial charge is 0.481 e. The van der Waals surface area contributed by atoms with E-state index in [-0.39, 0.29) is 56.9 Å². The highest BCUT2D eigenvalue weighted by Crippen LogP contribution is 2.08. The van der Waals surface area contributed by atoms with Crippen molar-refractivity contribution in [2.24, 2.45) is 5.73 Å². The second-order valence-corrected chi connectivity index (χ2v) is 20.5. The molecule has 1 unspecified atom stereocenters. The number of ether oxygens (including phenoxy) is 24. The third-order valence-electron chi connectivity index (χ3n) is 12.6. The van der Waals surface area contributed by atoms with Crippen molar-refractivity contribution >= 4 is 29.6 Å². The molecule has 0 aromatic rings. The topological polar surface area (TPSA) is 380 Å². The van der Waals surface area contributed by atoms with Crippen molar-refractivity contribution in [3.63, 3.8) is 0 Å². The summed E-state index contributed by atoms with van der Waals surface area (Å²) in [5.41, 5.74) is 5.69. The third-order valence-corrected chi connectivity index (χ3v) is 12.6. The van der Waals surface area contributed by atoms with Crippen LogP contribution < -0.4 is 16.4 Å². The first-order valence-electron chi connectivity index (χ1n) is 34.2. The van der Waals surface area contributed by atoms with Gasteiger partial charge in [-0.3, -0.25) is 28.9 Å². The van der Waals surface area contributed by atoms with Crippen LogP contribution in [0, 0.1) is 0 Å². The summed E-state index contributed by atoms with van der Waals surface area (Å²) in [5, 5.41) is 13.9. The lowest BCUT2D eigenvalue weighted by Gasteiger charge is -2.17. The number of amides is 4. The first-order chi connectivity index (χ1) is 48.3. The molecule has 0 aromatic heterocycles. The fourth-order valence-electron chi connectivity index (χ4n) is 7.57. The predicted molar refractivity (Wildman–Crippen MR) is 350 cm³/mol. The molecule has 34 nitrogen and oxygen atoms in total. The highest BCUT2D eigenvalue weighted by molar-refractivity contribution is 6.12. The fraction of sp³-hybridized carbons (Fsp3) is 0.891. The maximum Gasteiger partial charge on any atom is 0.305 e. The average Bonchev–Trinajstić information content (AvgIpc) is 1.78. The molecule has 0 spiro atoms. The second-order valence-electron chi connectivity index (χ2n) is 20.5. The quantitative estimate of drug-likeness (QED) is 0.0415. The van der Waals surface area contributed by atoms with Crippen LogP contribution in [0.15, 0.2) is 12.2 Å². The van der Waals surface area contributed by atoms with Gasteiger partial charge in [0.1, 0.15) is 6.04 Å². The summed E-state index contributed by atoms with van der Waals surface area (Å²) in [5.74, 6) is -2.22. The van der Waals surface area contributed by atoms with Gasteiger partial charge in [-0.15, -0.1) is 0 Å². The Kier molecular flexibility index (Phi) is 72.9. The molecule has 1 atom stereocenters. The molecule has 0 radical (unpaired) electrons. The molecule has 1 aliphatic heterocycles. The standard InChI is InChI=1S/C64H120N4O30/c65-58-59(67-60(69)4-2-1-3-9-68-61(70)5-6-62(68)71)64(74)66-8-11-76-13-15-78-17-19-80-21-23-82-25-27-84-29-31-86-33-35-88-37-39-90-41-43-92-45-47-94-49-51-96-53-55-98-57-56-97-54-52-95-50-48-93-46-44-91-42-40-89-38-36-87-34-32-85-30-28-83-26-24-81-22-20-79-18-16-77-14-12-75-10-7-63(72)73/h5-6,59H,1-4,7-58,65H2,(H,66,74)(H,67,69)(H,72,73). The lowest BCUT2D eigenvalue weighted by Crippen LogP contribution is -2.51. The molecule has 0 saturated carbocycles. The van der Waals surface area contributed by atoms with Gasteiger partial charge in [0, 0.05) is 38.2 Å². The molecule has 4 amide bonds. The van der Waals surface area contributed by atoms with Crippen LogP contribution in [-0.4, -0.2) is 382 Å². The molecule has 5 N–H and O–H groups in total. The Morgan fingerprint density at radius 3 is 0.745 bits per heavy atom. The molecule has 0 saturated heterocycles. The average molecular weight is 1430 g/mol. The van der Waals surface area contributed by atoms with Crippen molar-refractivity contribution in [1.29, 1.82) is 0 Å². The Bertz CT molecular complexity index is 1770. The summed E-state index contributed by atoms with van der Waals surface area (Å²) >= 11 is 0. The van der Waals surface area contributed by atoms with E-state index in [1.165, 1.54) is 17.1 Å². The Hall–Kier alpha value is -3.71. The number of hydrogen-bond donors (Lipinski definition) is 4. The van der Waals surface area contributed by atoms with Gasteiger partial charge in [-0.05, 0) is 12.8 Å². The number of carbonyl (C=O) groups excluding carboxylic acids is 4. The first-order valence-corrected chi connectivity index (χ1v) is 34.2. The molecular weight excluding hydrogens is 1300 g/mol. The van der Waals surface area contributed by atoms with Crippen molar-refractivity contribution in [2.45, 2.75) is 38.1 Å². The van der Waals surface area contributed by atoms with E-state index in [1.54, 1.807) is 0 Å². The maximum absolute atomic E-state index is 12.4. The second kappa shape index (κ2) is 77.4. The van der Waals surface area contributed by atoms with Crippen LogP contribution in [0.1, 0.15) is 32.1 Å².